The molecular weight excluding hydrogens is 362 g/mol. The summed E-state index contributed by atoms with van der Waals surface area (Å²) in [7, 11) is 1.62. The number of aryl methyl sites for hydroxylation is 1. The number of fused-ring (bicyclic) bond motifs is 1. The SMILES string of the molecule is CCN(C)C(=O)[C@H](O)C#Cc1ccc(C)c(-c2nc3c(N)ncnc3s2)c1. The first-order valence-electron chi connectivity index (χ1n) is 8.33. The molecule has 1 amide bonds. The standard InChI is InChI=1S/C19H19N5O2S/c1-4-24(3)19(26)14(25)8-7-12-6-5-11(2)13(9-12)17-23-15-16(20)21-10-22-18(15)27-17/h5-6,9-10,14,25H,4H2,1-3H3,(H2,20,21,22)/t14-/m1/s1. The summed E-state index contributed by atoms with van der Waals surface area (Å²) in [4.78, 5) is 26.8. The zero-order valence-electron chi connectivity index (χ0n) is 15.2. The van der Waals surface area contributed by atoms with Crippen molar-refractivity contribution < 1.29 is 9.90 Å². The number of nitrogen functional groups attached to an aromatic ring is 1. The monoisotopic (exact) mass is 381 g/mol. The van der Waals surface area contributed by atoms with Crippen LogP contribution in [0, 0.1) is 18.8 Å². The molecule has 0 unspecified atom stereocenters. The molecule has 0 aliphatic carbocycles. The minimum Gasteiger partial charge on any atom is -0.382 e. The van der Waals surface area contributed by atoms with Crippen LogP contribution in [0.2, 0.25) is 0 Å². The number of amides is 1. The summed E-state index contributed by atoms with van der Waals surface area (Å²) in [5.41, 5.74) is 9.05. The molecule has 0 fully saturated rings. The van der Waals surface area contributed by atoms with Crippen LogP contribution in [0.5, 0.6) is 0 Å². The van der Waals surface area contributed by atoms with Crippen molar-refractivity contribution in [3.63, 3.8) is 0 Å². The highest BCUT2D eigenvalue weighted by molar-refractivity contribution is 7.21. The molecule has 27 heavy (non-hydrogen) atoms. The van der Waals surface area contributed by atoms with Gasteiger partial charge in [0.15, 0.2) is 11.9 Å². The van der Waals surface area contributed by atoms with Crippen molar-refractivity contribution in [2.45, 2.75) is 20.0 Å². The van der Waals surface area contributed by atoms with Crippen LogP contribution in [0.15, 0.2) is 24.5 Å². The highest BCUT2D eigenvalue weighted by Gasteiger charge is 2.16. The number of likely N-dealkylation sites (N-methyl/N-ethyl adjacent to an activating group) is 1. The third kappa shape index (κ3) is 3.89. The molecule has 1 atom stereocenters. The number of nitrogens with two attached hydrogens (primary N) is 1. The van der Waals surface area contributed by atoms with Gasteiger partial charge in [0.25, 0.3) is 5.91 Å². The van der Waals surface area contributed by atoms with Crippen LogP contribution in [-0.2, 0) is 4.79 Å². The second-order valence-corrected chi connectivity index (χ2v) is 6.96. The maximum absolute atomic E-state index is 11.9. The molecule has 0 radical (unpaired) electrons. The van der Waals surface area contributed by atoms with Gasteiger partial charge in [-0.2, -0.15) is 0 Å². The number of carbonyl (C=O) groups excluding carboxylic acids is 1. The number of aromatic nitrogens is 3. The Labute approximate surface area is 160 Å². The quantitative estimate of drug-likeness (QED) is 0.671. The number of thiazole rings is 1. The molecule has 0 spiro atoms. The molecule has 3 rings (SSSR count). The van der Waals surface area contributed by atoms with Gasteiger partial charge in [-0.05, 0) is 31.5 Å². The summed E-state index contributed by atoms with van der Waals surface area (Å²) in [6, 6.07) is 5.64. The first kappa shape index (κ1) is 18.8. The van der Waals surface area contributed by atoms with Crippen molar-refractivity contribution >= 4 is 33.4 Å². The normalized spacial score (nSPS) is 11.7. The van der Waals surface area contributed by atoms with Crippen LogP contribution in [0.3, 0.4) is 0 Å². The van der Waals surface area contributed by atoms with Crippen LogP contribution in [0.1, 0.15) is 18.1 Å². The second-order valence-electron chi connectivity index (χ2n) is 5.99. The summed E-state index contributed by atoms with van der Waals surface area (Å²) < 4.78 is 0. The highest BCUT2D eigenvalue weighted by Crippen LogP contribution is 2.32. The third-order valence-corrected chi connectivity index (χ3v) is 5.13. The predicted molar refractivity (Wildman–Crippen MR) is 106 cm³/mol. The zero-order valence-corrected chi connectivity index (χ0v) is 16.0. The van der Waals surface area contributed by atoms with E-state index in [1.54, 1.807) is 7.05 Å². The Morgan fingerprint density at radius 1 is 1.41 bits per heavy atom. The molecule has 8 heteroatoms. The van der Waals surface area contributed by atoms with Gasteiger partial charge in [-0.3, -0.25) is 4.79 Å². The van der Waals surface area contributed by atoms with E-state index < -0.39 is 12.0 Å². The van der Waals surface area contributed by atoms with Gasteiger partial charge in [-0.1, -0.05) is 29.2 Å². The van der Waals surface area contributed by atoms with Gasteiger partial charge >= 0.3 is 0 Å². The number of rotatable bonds is 3. The number of nitrogens with zero attached hydrogens (tertiary/aromatic N) is 4. The van der Waals surface area contributed by atoms with Crippen molar-refractivity contribution in [2.24, 2.45) is 0 Å². The fourth-order valence-electron chi connectivity index (χ4n) is 2.39. The van der Waals surface area contributed by atoms with E-state index in [0.717, 1.165) is 21.0 Å². The summed E-state index contributed by atoms with van der Waals surface area (Å²) >= 11 is 1.42. The Hall–Kier alpha value is -3.02. The Balaban J connectivity index is 1.94. The van der Waals surface area contributed by atoms with E-state index in [9.17, 15) is 9.90 Å². The topological polar surface area (TPSA) is 105 Å². The summed E-state index contributed by atoms with van der Waals surface area (Å²) in [5, 5.41) is 10.7. The average molecular weight is 381 g/mol. The van der Waals surface area contributed by atoms with E-state index in [-0.39, 0.29) is 0 Å². The number of benzene rings is 1. The molecular formula is C19H19N5O2S. The fraction of sp³-hybridized carbons (Fsp3) is 0.263. The van der Waals surface area contributed by atoms with Crippen molar-refractivity contribution in [3.8, 4) is 22.4 Å². The lowest BCUT2D eigenvalue weighted by atomic mass is 10.1. The number of aliphatic hydroxyl groups excluding tert-OH is 1. The fourth-order valence-corrected chi connectivity index (χ4v) is 3.39. The van der Waals surface area contributed by atoms with Gasteiger partial charge in [0.2, 0.25) is 0 Å². The number of anilines is 1. The van der Waals surface area contributed by atoms with Gasteiger partial charge in [0, 0.05) is 24.7 Å². The third-order valence-electron chi connectivity index (χ3n) is 4.13. The maximum Gasteiger partial charge on any atom is 0.263 e. The van der Waals surface area contributed by atoms with Crippen LogP contribution in [0.4, 0.5) is 5.82 Å². The van der Waals surface area contributed by atoms with Crippen molar-refractivity contribution in [3.05, 3.63) is 35.7 Å². The van der Waals surface area contributed by atoms with Crippen molar-refractivity contribution in [1.29, 1.82) is 0 Å². The molecule has 3 aromatic rings. The molecule has 0 saturated heterocycles. The molecule has 0 aliphatic heterocycles. The average Bonchev–Trinajstić information content (AvgIpc) is 3.11. The molecule has 0 bridgehead atoms. The lowest BCUT2D eigenvalue weighted by Crippen LogP contribution is -2.35. The molecule has 138 valence electrons. The Bertz CT molecular complexity index is 1070. The van der Waals surface area contributed by atoms with E-state index >= 15 is 0 Å². The lowest BCUT2D eigenvalue weighted by Gasteiger charge is -2.15. The lowest BCUT2D eigenvalue weighted by molar-refractivity contribution is -0.135. The second kappa shape index (κ2) is 7.70. The van der Waals surface area contributed by atoms with Gasteiger partial charge < -0.3 is 15.7 Å². The first-order valence-corrected chi connectivity index (χ1v) is 9.15. The number of hydrogen-bond acceptors (Lipinski definition) is 7. The van der Waals surface area contributed by atoms with Gasteiger partial charge in [0.05, 0.1) is 0 Å². The van der Waals surface area contributed by atoms with Crippen molar-refractivity contribution in [1.82, 2.24) is 19.9 Å². The molecule has 0 saturated carbocycles. The van der Waals surface area contributed by atoms with E-state index in [0.29, 0.717) is 23.4 Å². The van der Waals surface area contributed by atoms with Gasteiger partial charge in [-0.15, -0.1) is 0 Å². The maximum atomic E-state index is 11.9. The minimum absolute atomic E-state index is 0.345. The Morgan fingerprint density at radius 2 is 2.19 bits per heavy atom. The molecule has 7 nitrogen and oxygen atoms in total. The van der Waals surface area contributed by atoms with Crippen LogP contribution >= 0.6 is 11.3 Å². The summed E-state index contributed by atoms with van der Waals surface area (Å²) in [6.07, 6.45) is 0.0670. The van der Waals surface area contributed by atoms with E-state index in [1.807, 2.05) is 32.0 Å². The summed E-state index contributed by atoms with van der Waals surface area (Å²) in [5.74, 6) is 5.39. The molecule has 1 aromatic carbocycles. The Kier molecular flexibility index (Phi) is 5.35. The number of aliphatic hydroxyl groups is 1. The van der Waals surface area contributed by atoms with Crippen LogP contribution < -0.4 is 5.73 Å². The number of hydrogen-bond donors (Lipinski definition) is 2. The first-order chi connectivity index (χ1) is 12.9. The van der Waals surface area contributed by atoms with E-state index in [1.165, 1.54) is 22.6 Å². The van der Waals surface area contributed by atoms with E-state index in [2.05, 4.69) is 26.8 Å². The predicted octanol–water partition coefficient (Wildman–Crippen LogP) is 1.83. The Morgan fingerprint density at radius 3 is 2.89 bits per heavy atom. The molecule has 2 heterocycles. The zero-order chi connectivity index (χ0) is 19.6. The highest BCUT2D eigenvalue weighted by atomic mass is 32.1. The molecule has 0 aliphatic rings. The smallest absolute Gasteiger partial charge is 0.263 e. The van der Waals surface area contributed by atoms with Gasteiger partial charge in [-0.25, -0.2) is 15.0 Å². The van der Waals surface area contributed by atoms with Crippen LogP contribution in [0.25, 0.3) is 20.9 Å². The van der Waals surface area contributed by atoms with Crippen molar-refractivity contribution in [2.75, 3.05) is 19.3 Å². The minimum atomic E-state index is -1.35. The van der Waals surface area contributed by atoms with E-state index in [4.69, 9.17) is 5.73 Å². The molecule has 3 N–H and O–H groups in total. The van der Waals surface area contributed by atoms with Gasteiger partial charge in [0.1, 0.15) is 21.7 Å². The molecule has 2 aromatic heterocycles. The number of carbonyl (C=O) groups is 1. The summed E-state index contributed by atoms with van der Waals surface area (Å²) in [6.45, 7) is 4.32. The van der Waals surface area contributed by atoms with Crippen LogP contribution in [-0.4, -0.2) is 50.6 Å². The largest absolute Gasteiger partial charge is 0.382 e.